The number of alkyl halides is 1. The van der Waals surface area contributed by atoms with Crippen molar-refractivity contribution in [1.82, 2.24) is 5.32 Å². The summed E-state index contributed by atoms with van der Waals surface area (Å²) in [6.45, 7) is -0.0808. The first-order valence-corrected chi connectivity index (χ1v) is 9.26. The molecule has 2 atom stereocenters. The standard InChI is InChI=1S/C19H22ClFN2O2/c20-19-8-12-5-13(9-19)7-18(6-12,11-19)17(25)22-10-16(24)23-15-3-1-14(21)2-4-15/h1-4,12-13H,5-11H2,(H,22,25)(H,23,24)/t12-,13-,18?,19?/m1/s1. The van der Waals surface area contributed by atoms with Gasteiger partial charge in [0.1, 0.15) is 5.82 Å². The normalized spacial score (nSPS) is 35.4. The molecule has 0 saturated heterocycles. The third-order valence-corrected chi connectivity index (χ3v) is 6.45. The Morgan fingerprint density at radius 3 is 2.36 bits per heavy atom. The Kier molecular flexibility index (Phi) is 4.02. The minimum absolute atomic E-state index is 0.0409. The number of hydrogen-bond acceptors (Lipinski definition) is 2. The first-order chi connectivity index (χ1) is 11.9. The van der Waals surface area contributed by atoms with Crippen LogP contribution >= 0.6 is 11.6 Å². The molecule has 0 aliphatic heterocycles. The van der Waals surface area contributed by atoms with E-state index in [0.717, 1.165) is 32.1 Å². The Bertz CT molecular complexity index is 692. The van der Waals surface area contributed by atoms with Crippen molar-refractivity contribution >= 4 is 29.1 Å². The van der Waals surface area contributed by atoms with Crippen molar-refractivity contribution in [3.05, 3.63) is 30.1 Å². The smallest absolute Gasteiger partial charge is 0.243 e. The molecule has 0 radical (unpaired) electrons. The van der Waals surface area contributed by atoms with E-state index < -0.39 is 5.41 Å². The lowest BCUT2D eigenvalue weighted by atomic mass is 9.49. The minimum atomic E-state index is -0.401. The van der Waals surface area contributed by atoms with Crippen LogP contribution in [0, 0.1) is 23.1 Å². The van der Waals surface area contributed by atoms with Gasteiger partial charge in [-0.05, 0) is 74.6 Å². The summed E-state index contributed by atoms with van der Waals surface area (Å²) in [6, 6.07) is 5.55. The van der Waals surface area contributed by atoms with Crippen LogP contribution < -0.4 is 10.6 Å². The molecule has 25 heavy (non-hydrogen) atoms. The Labute approximate surface area is 151 Å². The van der Waals surface area contributed by atoms with Crippen LogP contribution in [-0.2, 0) is 9.59 Å². The second-order valence-corrected chi connectivity index (χ2v) is 8.93. The molecule has 4 nitrogen and oxygen atoms in total. The lowest BCUT2D eigenvalue weighted by Crippen LogP contribution is -2.58. The predicted molar refractivity (Wildman–Crippen MR) is 93.7 cm³/mol. The number of anilines is 1. The van der Waals surface area contributed by atoms with E-state index in [4.69, 9.17) is 11.6 Å². The number of carbonyl (C=O) groups excluding carboxylic acids is 2. The molecular weight excluding hydrogens is 343 g/mol. The van der Waals surface area contributed by atoms with E-state index in [9.17, 15) is 14.0 Å². The molecule has 4 bridgehead atoms. The van der Waals surface area contributed by atoms with Gasteiger partial charge in [-0.3, -0.25) is 9.59 Å². The second-order valence-electron chi connectivity index (χ2n) is 8.13. The van der Waals surface area contributed by atoms with Gasteiger partial charge in [-0.2, -0.15) is 0 Å². The van der Waals surface area contributed by atoms with Gasteiger partial charge in [-0.15, -0.1) is 11.6 Å². The van der Waals surface area contributed by atoms with Crippen LogP contribution in [0.1, 0.15) is 38.5 Å². The van der Waals surface area contributed by atoms with Crippen molar-refractivity contribution in [2.45, 2.75) is 43.4 Å². The Balaban J connectivity index is 1.36. The minimum Gasteiger partial charge on any atom is -0.347 e. The van der Waals surface area contributed by atoms with Crippen LogP contribution in [0.25, 0.3) is 0 Å². The molecule has 0 unspecified atom stereocenters. The fourth-order valence-electron chi connectivity index (χ4n) is 5.50. The Hall–Kier alpha value is -1.62. The SMILES string of the molecule is O=C(CNC(=O)C12C[C@H]3C[C@@H](CC(Cl)(C3)C1)C2)Nc1ccc(F)cc1. The molecule has 4 aliphatic rings. The number of amides is 2. The molecule has 4 saturated carbocycles. The molecule has 1 aromatic carbocycles. The number of hydrogen-bond donors (Lipinski definition) is 2. The quantitative estimate of drug-likeness (QED) is 0.804. The highest BCUT2D eigenvalue weighted by atomic mass is 35.5. The largest absolute Gasteiger partial charge is 0.347 e. The highest BCUT2D eigenvalue weighted by Gasteiger charge is 2.59. The zero-order valence-electron chi connectivity index (χ0n) is 14.0. The molecule has 2 amide bonds. The zero-order valence-corrected chi connectivity index (χ0v) is 14.7. The van der Waals surface area contributed by atoms with Crippen LogP contribution in [0.5, 0.6) is 0 Å². The molecule has 0 aromatic heterocycles. The number of nitrogens with one attached hydrogen (secondary N) is 2. The predicted octanol–water partition coefficient (Wildman–Crippen LogP) is 3.46. The maximum absolute atomic E-state index is 12.9. The maximum atomic E-state index is 12.9. The Morgan fingerprint density at radius 2 is 1.76 bits per heavy atom. The van der Waals surface area contributed by atoms with Crippen molar-refractivity contribution in [3.63, 3.8) is 0 Å². The summed E-state index contributed by atoms with van der Waals surface area (Å²) in [5.74, 6) is 0.365. The number of halogens is 2. The maximum Gasteiger partial charge on any atom is 0.243 e. The summed E-state index contributed by atoms with van der Waals surface area (Å²) < 4.78 is 12.9. The Morgan fingerprint density at radius 1 is 1.12 bits per heavy atom. The number of rotatable bonds is 4. The molecule has 6 heteroatoms. The molecular formula is C19H22ClFN2O2. The lowest BCUT2D eigenvalue weighted by molar-refractivity contribution is -0.145. The fraction of sp³-hybridized carbons (Fsp3) is 0.579. The van der Waals surface area contributed by atoms with Crippen LogP contribution in [0.3, 0.4) is 0 Å². The molecule has 5 rings (SSSR count). The van der Waals surface area contributed by atoms with Gasteiger partial charge in [0, 0.05) is 10.6 Å². The second kappa shape index (κ2) is 5.97. The summed E-state index contributed by atoms with van der Waals surface area (Å²) in [6.07, 6.45) is 5.73. The van der Waals surface area contributed by atoms with Crippen LogP contribution in [-0.4, -0.2) is 23.2 Å². The number of benzene rings is 1. The lowest BCUT2D eigenvalue weighted by Gasteiger charge is -2.59. The van der Waals surface area contributed by atoms with Crippen molar-refractivity contribution in [1.29, 1.82) is 0 Å². The van der Waals surface area contributed by atoms with Gasteiger partial charge >= 0.3 is 0 Å². The van der Waals surface area contributed by atoms with Gasteiger partial charge < -0.3 is 10.6 Å². The average Bonchev–Trinajstić information content (AvgIpc) is 2.52. The summed E-state index contributed by atoms with van der Waals surface area (Å²) in [5.41, 5.74) is 0.109. The summed E-state index contributed by atoms with van der Waals surface area (Å²) in [7, 11) is 0. The van der Waals surface area contributed by atoms with Crippen molar-refractivity contribution < 1.29 is 14.0 Å². The molecule has 0 heterocycles. The summed E-state index contributed by atoms with van der Waals surface area (Å²) in [4.78, 5) is 24.7. The van der Waals surface area contributed by atoms with Gasteiger partial charge in [0.25, 0.3) is 0 Å². The molecule has 4 aliphatic carbocycles. The van der Waals surface area contributed by atoms with Crippen molar-refractivity contribution in [2.75, 3.05) is 11.9 Å². The highest BCUT2D eigenvalue weighted by molar-refractivity contribution is 6.24. The first kappa shape index (κ1) is 16.8. The molecule has 134 valence electrons. The van der Waals surface area contributed by atoms with Gasteiger partial charge in [-0.1, -0.05) is 0 Å². The third-order valence-electron chi connectivity index (χ3n) is 6.01. The molecule has 0 spiro atoms. The average molecular weight is 365 g/mol. The monoisotopic (exact) mass is 364 g/mol. The van der Waals surface area contributed by atoms with Crippen LogP contribution in [0.4, 0.5) is 10.1 Å². The summed E-state index contributed by atoms with van der Waals surface area (Å²) >= 11 is 6.76. The van der Waals surface area contributed by atoms with Crippen molar-refractivity contribution in [3.8, 4) is 0 Å². The van der Waals surface area contributed by atoms with E-state index in [1.54, 1.807) is 0 Å². The molecule has 2 N–H and O–H groups in total. The van der Waals surface area contributed by atoms with Gasteiger partial charge in [0.2, 0.25) is 11.8 Å². The van der Waals surface area contributed by atoms with E-state index in [1.807, 2.05) is 0 Å². The van der Waals surface area contributed by atoms with Gasteiger partial charge in [0.05, 0.1) is 12.0 Å². The van der Waals surface area contributed by atoms with Gasteiger partial charge in [0.15, 0.2) is 0 Å². The van der Waals surface area contributed by atoms with Crippen LogP contribution in [0.15, 0.2) is 24.3 Å². The first-order valence-electron chi connectivity index (χ1n) is 8.89. The highest BCUT2D eigenvalue weighted by Crippen LogP contribution is 2.63. The van der Waals surface area contributed by atoms with Gasteiger partial charge in [-0.25, -0.2) is 4.39 Å². The topological polar surface area (TPSA) is 58.2 Å². The third kappa shape index (κ3) is 3.26. The van der Waals surface area contributed by atoms with Crippen LogP contribution in [0.2, 0.25) is 0 Å². The molecule has 1 aromatic rings. The number of carbonyl (C=O) groups is 2. The van der Waals surface area contributed by atoms with E-state index in [1.165, 1.54) is 30.7 Å². The van der Waals surface area contributed by atoms with E-state index >= 15 is 0 Å². The fourth-order valence-corrected chi connectivity index (χ4v) is 6.20. The van der Waals surface area contributed by atoms with E-state index in [2.05, 4.69) is 10.6 Å². The zero-order chi connectivity index (χ0) is 17.7. The van der Waals surface area contributed by atoms with E-state index in [0.29, 0.717) is 17.5 Å². The molecule has 4 fully saturated rings. The summed E-state index contributed by atoms with van der Waals surface area (Å²) in [5, 5.41) is 5.46. The van der Waals surface area contributed by atoms with Crippen molar-refractivity contribution in [2.24, 2.45) is 17.3 Å². The van der Waals surface area contributed by atoms with E-state index in [-0.39, 0.29) is 29.1 Å².